The van der Waals surface area contributed by atoms with E-state index in [1.807, 2.05) is 6.20 Å². The molecule has 2 aromatic rings. The lowest BCUT2D eigenvalue weighted by molar-refractivity contribution is 0.0980. The van der Waals surface area contributed by atoms with E-state index in [9.17, 15) is 0 Å². The fourth-order valence-corrected chi connectivity index (χ4v) is 5.09. The zero-order chi connectivity index (χ0) is 16.1. The average Bonchev–Trinajstić information content (AvgIpc) is 2.79. The molecule has 124 valence electrons. The van der Waals surface area contributed by atoms with E-state index < -0.39 is 0 Å². The van der Waals surface area contributed by atoms with Crippen LogP contribution in [0.25, 0.3) is 11.1 Å². The first-order valence-electron chi connectivity index (χ1n) is 9.26. The number of hydrogen-bond donors (Lipinski definition) is 0. The third-order valence-electron chi connectivity index (χ3n) is 6.11. The predicted molar refractivity (Wildman–Crippen MR) is 98.2 cm³/mol. The van der Waals surface area contributed by atoms with E-state index in [0.717, 1.165) is 11.8 Å². The van der Waals surface area contributed by atoms with Crippen molar-refractivity contribution in [2.75, 3.05) is 31.1 Å². The molecular formula is C21H25N3. The number of piperidine rings is 2. The Labute approximate surface area is 144 Å². The molecule has 4 aliphatic rings. The normalized spacial score (nSPS) is 31.3. The van der Waals surface area contributed by atoms with Crippen LogP contribution < -0.4 is 4.90 Å². The van der Waals surface area contributed by atoms with Gasteiger partial charge >= 0.3 is 0 Å². The predicted octanol–water partition coefficient (Wildman–Crippen LogP) is 3.59. The minimum atomic E-state index is 0.673. The molecule has 4 aliphatic heterocycles. The van der Waals surface area contributed by atoms with Crippen LogP contribution in [0.2, 0.25) is 0 Å². The molecule has 0 amide bonds. The van der Waals surface area contributed by atoms with Crippen molar-refractivity contribution >= 4 is 5.69 Å². The Kier molecular flexibility index (Phi) is 3.37. The lowest BCUT2D eigenvalue weighted by atomic mass is 9.84. The monoisotopic (exact) mass is 319 g/mol. The van der Waals surface area contributed by atoms with Gasteiger partial charge < -0.3 is 9.80 Å². The van der Waals surface area contributed by atoms with E-state index in [2.05, 4.69) is 58.2 Å². The van der Waals surface area contributed by atoms with Gasteiger partial charge in [-0.3, -0.25) is 4.98 Å². The summed E-state index contributed by atoms with van der Waals surface area (Å²) in [5, 5.41) is 0. The summed E-state index contributed by atoms with van der Waals surface area (Å²) in [6.45, 7) is 7.21. The van der Waals surface area contributed by atoms with Gasteiger partial charge in [0.2, 0.25) is 0 Å². The minimum absolute atomic E-state index is 0.673. The molecule has 24 heavy (non-hydrogen) atoms. The number of aromatic nitrogens is 1. The first-order valence-corrected chi connectivity index (χ1v) is 9.26. The molecular weight excluding hydrogens is 294 g/mol. The molecule has 6 rings (SSSR count). The van der Waals surface area contributed by atoms with E-state index >= 15 is 0 Å². The fourth-order valence-electron chi connectivity index (χ4n) is 5.09. The van der Waals surface area contributed by atoms with E-state index in [4.69, 9.17) is 0 Å². The summed E-state index contributed by atoms with van der Waals surface area (Å²) in [7, 11) is 0. The third kappa shape index (κ3) is 2.51. The van der Waals surface area contributed by atoms with Crippen molar-refractivity contribution in [2.24, 2.45) is 11.8 Å². The molecule has 5 heterocycles. The van der Waals surface area contributed by atoms with Crippen molar-refractivity contribution in [3.8, 4) is 11.1 Å². The number of fused-ring (bicyclic) bond motifs is 1. The number of hydrogen-bond acceptors (Lipinski definition) is 3. The number of pyridine rings is 1. The highest BCUT2D eigenvalue weighted by molar-refractivity contribution is 5.67. The summed E-state index contributed by atoms with van der Waals surface area (Å²) in [6.07, 6.45) is 6.86. The Balaban J connectivity index is 1.48. The van der Waals surface area contributed by atoms with E-state index in [-0.39, 0.29) is 0 Å². The molecule has 0 spiro atoms. The summed E-state index contributed by atoms with van der Waals surface area (Å²) in [5.74, 6) is 1.75. The minimum Gasteiger partial charge on any atom is -0.366 e. The highest BCUT2D eigenvalue weighted by Gasteiger charge is 2.41. The molecule has 3 heteroatoms. The standard InChI is InChI=1S/C21H25N3/c1-15-2-4-18(5-3-15)19-8-20(10-22-9-19)24-13-17-6-16-7-21(24)14-23(11-16)12-17/h2-5,8-10,16-17,21H,6-7,11-14H2,1H3. The van der Waals surface area contributed by atoms with Crippen LogP contribution in [0.5, 0.6) is 0 Å². The van der Waals surface area contributed by atoms with Gasteiger partial charge in [0.15, 0.2) is 0 Å². The molecule has 0 radical (unpaired) electrons. The Morgan fingerprint density at radius 1 is 0.875 bits per heavy atom. The van der Waals surface area contributed by atoms with Crippen molar-refractivity contribution in [1.29, 1.82) is 0 Å². The van der Waals surface area contributed by atoms with E-state index in [0.29, 0.717) is 6.04 Å². The number of rotatable bonds is 2. The maximum absolute atomic E-state index is 4.58. The van der Waals surface area contributed by atoms with Gasteiger partial charge in [0.1, 0.15) is 0 Å². The lowest BCUT2D eigenvalue weighted by Crippen LogP contribution is -2.49. The molecule has 4 atom stereocenters. The van der Waals surface area contributed by atoms with Crippen molar-refractivity contribution in [3.63, 3.8) is 0 Å². The zero-order valence-corrected chi connectivity index (χ0v) is 14.4. The molecule has 0 saturated carbocycles. The van der Waals surface area contributed by atoms with Gasteiger partial charge in [-0.2, -0.15) is 0 Å². The Hall–Kier alpha value is -1.87. The van der Waals surface area contributed by atoms with Crippen LogP contribution >= 0.6 is 0 Å². The van der Waals surface area contributed by atoms with Gasteiger partial charge in [-0.25, -0.2) is 0 Å². The Morgan fingerprint density at radius 3 is 2.54 bits per heavy atom. The van der Waals surface area contributed by atoms with Crippen LogP contribution in [-0.4, -0.2) is 42.1 Å². The van der Waals surface area contributed by atoms with Crippen LogP contribution in [0.3, 0.4) is 0 Å². The maximum atomic E-state index is 4.58. The molecule has 1 aromatic heterocycles. The third-order valence-corrected chi connectivity index (χ3v) is 6.11. The highest BCUT2D eigenvalue weighted by atomic mass is 15.3. The molecule has 3 nitrogen and oxygen atoms in total. The molecule has 4 bridgehead atoms. The van der Waals surface area contributed by atoms with Crippen LogP contribution in [0.15, 0.2) is 42.7 Å². The Morgan fingerprint density at radius 2 is 1.71 bits per heavy atom. The highest BCUT2D eigenvalue weighted by Crippen LogP contribution is 2.38. The number of benzene rings is 1. The lowest BCUT2D eigenvalue weighted by Gasteiger charge is -2.41. The van der Waals surface area contributed by atoms with Gasteiger partial charge in [-0.1, -0.05) is 29.8 Å². The van der Waals surface area contributed by atoms with E-state index in [1.165, 1.54) is 61.4 Å². The van der Waals surface area contributed by atoms with Crippen molar-refractivity contribution in [3.05, 3.63) is 48.3 Å². The summed E-state index contributed by atoms with van der Waals surface area (Å²) in [6, 6.07) is 11.8. The van der Waals surface area contributed by atoms with Gasteiger partial charge in [0.25, 0.3) is 0 Å². The van der Waals surface area contributed by atoms with Crippen molar-refractivity contribution in [1.82, 2.24) is 9.88 Å². The first kappa shape index (κ1) is 14.5. The average molecular weight is 319 g/mol. The fraction of sp³-hybridized carbons (Fsp3) is 0.476. The summed E-state index contributed by atoms with van der Waals surface area (Å²) in [5.41, 5.74) is 5.11. The molecule has 1 aromatic carbocycles. The zero-order valence-electron chi connectivity index (χ0n) is 14.4. The van der Waals surface area contributed by atoms with Gasteiger partial charge in [-0.15, -0.1) is 0 Å². The van der Waals surface area contributed by atoms with Crippen molar-refractivity contribution in [2.45, 2.75) is 25.8 Å². The summed E-state index contributed by atoms with van der Waals surface area (Å²) in [4.78, 5) is 9.94. The van der Waals surface area contributed by atoms with Gasteiger partial charge in [-0.05, 0) is 43.2 Å². The number of aryl methyl sites for hydroxylation is 1. The molecule has 4 unspecified atom stereocenters. The van der Waals surface area contributed by atoms with E-state index in [1.54, 1.807) is 0 Å². The molecule has 4 fully saturated rings. The molecule has 0 N–H and O–H groups in total. The first-order chi connectivity index (χ1) is 11.7. The molecule has 4 saturated heterocycles. The number of nitrogens with zero attached hydrogens (tertiary/aromatic N) is 3. The Bertz CT molecular complexity index is 725. The maximum Gasteiger partial charge on any atom is 0.0562 e. The van der Waals surface area contributed by atoms with Gasteiger partial charge in [0.05, 0.1) is 11.9 Å². The SMILES string of the molecule is Cc1ccc(-c2cncc(N3CC4CC5CC3CN(C5)C4)c2)cc1. The number of anilines is 1. The summed E-state index contributed by atoms with van der Waals surface area (Å²) >= 11 is 0. The molecule has 0 aliphatic carbocycles. The van der Waals surface area contributed by atoms with Crippen LogP contribution in [0, 0.1) is 18.8 Å². The van der Waals surface area contributed by atoms with Crippen LogP contribution in [0.1, 0.15) is 18.4 Å². The second-order valence-electron chi connectivity index (χ2n) is 8.03. The van der Waals surface area contributed by atoms with Crippen LogP contribution in [0.4, 0.5) is 5.69 Å². The summed E-state index contributed by atoms with van der Waals surface area (Å²) < 4.78 is 0. The van der Waals surface area contributed by atoms with Crippen LogP contribution in [-0.2, 0) is 0 Å². The largest absolute Gasteiger partial charge is 0.366 e. The van der Waals surface area contributed by atoms with Crippen molar-refractivity contribution < 1.29 is 0 Å². The van der Waals surface area contributed by atoms with Gasteiger partial charge in [0, 0.05) is 44.0 Å². The second kappa shape index (κ2) is 5.59. The quantitative estimate of drug-likeness (QED) is 0.843. The topological polar surface area (TPSA) is 19.4 Å². The second-order valence-corrected chi connectivity index (χ2v) is 8.03. The smallest absolute Gasteiger partial charge is 0.0562 e.